The van der Waals surface area contributed by atoms with E-state index in [0.717, 1.165) is 35.5 Å². The number of nitrogens with two attached hydrogens (primary N) is 1. The largest absolute Gasteiger partial charge is 0.490 e. The minimum absolute atomic E-state index is 0.0102. The Bertz CT molecular complexity index is 1320. The number of fused-ring (bicyclic) bond motifs is 1. The molecule has 2 aliphatic heterocycles. The number of likely N-dealkylation sites (N-methyl/N-ethyl adjacent to an activating group) is 1. The van der Waals surface area contributed by atoms with Gasteiger partial charge in [0.15, 0.2) is 0 Å². The Morgan fingerprint density at radius 3 is 2.62 bits per heavy atom. The third-order valence-corrected chi connectivity index (χ3v) is 6.55. The molecule has 2 heterocycles. The van der Waals surface area contributed by atoms with Crippen molar-refractivity contribution in [3.63, 3.8) is 0 Å². The van der Waals surface area contributed by atoms with Gasteiger partial charge in [-0.2, -0.15) is 5.26 Å². The quantitative estimate of drug-likeness (QED) is 0.643. The van der Waals surface area contributed by atoms with Gasteiger partial charge in [-0.1, -0.05) is 18.2 Å². The Labute approximate surface area is 198 Å². The van der Waals surface area contributed by atoms with Crippen LogP contribution in [0.5, 0.6) is 5.75 Å². The van der Waals surface area contributed by atoms with Crippen LogP contribution in [-0.2, 0) is 0 Å². The summed E-state index contributed by atoms with van der Waals surface area (Å²) in [6, 6.07) is 17.9. The average Bonchev–Trinajstić information content (AvgIpc) is 3.29. The number of rotatable bonds is 3. The fraction of sp³-hybridized carbons (Fsp3) is 0.259. The van der Waals surface area contributed by atoms with E-state index in [1.807, 2.05) is 37.4 Å². The summed E-state index contributed by atoms with van der Waals surface area (Å²) in [5, 5.41) is 9.14. The number of nitriles is 1. The number of ether oxygens (including phenoxy) is 1. The van der Waals surface area contributed by atoms with Crippen molar-refractivity contribution >= 4 is 11.6 Å². The molecular weight excluding hydrogens is 431 g/mol. The summed E-state index contributed by atoms with van der Waals surface area (Å²) in [6.45, 7) is 2.57. The predicted molar refractivity (Wildman–Crippen MR) is 129 cm³/mol. The summed E-state index contributed by atoms with van der Waals surface area (Å²) in [5.41, 5.74) is 10.6. The highest BCUT2D eigenvalue weighted by atomic mass is 19.1. The van der Waals surface area contributed by atoms with Crippen LogP contribution in [0.3, 0.4) is 0 Å². The molecule has 0 saturated carbocycles. The van der Waals surface area contributed by atoms with Gasteiger partial charge in [-0.05, 0) is 65.1 Å². The molecule has 1 amide bonds. The van der Waals surface area contributed by atoms with Gasteiger partial charge in [0.2, 0.25) is 0 Å². The maximum absolute atomic E-state index is 14.5. The first-order valence-electron chi connectivity index (χ1n) is 11.3. The lowest BCUT2D eigenvalue weighted by molar-refractivity contribution is 0.0791. The van der Waals surface area contributed by atoms with E-state index in [0.29, 0.717) is 36.4 Å². The second-order valence-electron chi connectivity index (χ2n) is 8.82. The van der Waals surface area contributed by atoms with Crippen molar-refractivity contribution in [2.24, 2.45) is 5.73 Å². The molecule has 2 aliphatic rings. The Balaban J connectivity index is 1.62. The predicted octanol–water partition coefficient (Wildman–Crippen LogP) is 4.03. The van der Waals surface area contributed by atoms with Crippen LogP contribution in [0.2, 0.25) is 0 Å². The number of hydrogen-bond acceptors (Lipinski definition) is 5. The van der Waals surface area contributed by atoms with Gasteiger partial charge < -0.3 is 20.3 Å². The lowest BCUT2D eigenvalue weighted by Crippen LogP contribution is -2.31. The van der Waals surface area contributed by atoms with Crippen LogP contribution < -0.4 is 15.4 Å². The molecule has 0 aromatic heterocycles. The van der Waals surface area contributed by atoms with E-state index in [1.165, 1.54) is 12.1 Å². The number of benzene rings is 3. The van der Waals surface area contributed by atoms with Gasteiger partial charge in [0, 0.05) is 31.7 Å². The smallest absolute Gasteiger partial charge is 0.253 e. The molecule has 0 spiro atoms. The zero-order chi connectivity index (χ0) is 23.8. The number of likely N-dealkylation sites (tertiary alicyclic amines) is 1. The molecule has 3 aromatic rings. The average molecular weight is 457 g/mol. The van der Waals surface area contributed by atoms with E-state index >= 15 is 0 Å². The Morgan fingerprint density at radius 2 is 1.88 bits per heavy atom. The number of hydrogen-bond donors (Lipinski definition) is 1. The van der Waals surface area contributed by atoms with E-state index < -0.39 is 5.82 Å². The molecule has 1 fully saturated rings. The molecule has 1 atom stereocenters. The molecular formula is C27H25FN4O2. The van der Waals surface area contributed by atoms with Crippen LogP contribution in [0.25, 0.3) is 22.3 Å². The van der Waals surface area contributed by atoms with Crippen molar-refractivity contribution in [1.82, 2.24) is 4.90 Å². The molecule has 2 N–H and O–H groups in total. The van der Waals surface area contributed by atoms with E-state index in [4.69, 9.17) is 15.7 Å². The number of anilines is 1. The first-order valence-corrected chi connectivity index (χ1v) is 11.3. The first-order chi connectivity index (χ1) is 16.4. The monoisotopic (exact) mass is 456 g/mol. The van der Waals surface area contributed by atoms with Crippen molar-refractivity contribution < 1.29 is 13.9 Å². The van der Waals surface area contributed by atoms with Crippen LogP contribution >= 0.6 is 0 Å². The second kappa shape index (κ2) is 8.81. The number of carbonyl (C=O) groups excluding carboxylic acids is 1. The van der Waals surface area contributed by atoms with Crippen molar-refractivity contribution in [2.75, 3.05) is 38.2 Å². The van der Waals surface area contributed by atoms with Crippen LogP contribution in [-0.4, -0.2) is 50.1 Å². The van der Waals surface area contributed by atoms with E-state index in [-0.39, 0.29) is 17.5 Å². The van der Waals surface area contributed by atoms with Gasteiger partial charge in [-0.3, -0.25) is 4.79 Å². The van der Waals surface area contributed by atoms with Gasteiger partial charge in [0.1, 0.15) is 24.2 Å². The summed E-state index contributed by atoms with van der Waals surface area (Å²) in [6.07, 6.45) is 0.779. The van der Waals surface area contributed by atoms with E-state index in [1.54, 1.807) is 23.1 Å². The van der Waals surface area contributed by atoms with Crippen molar-refractivity contribution in [3.8, 4) is 34.1 Å². The lowest BCUT2D eigenvalue weighted by atomic mass is 9.91. The lowest BCUT2D eigenvalue weighted by Gasteiger charge is -2.28. The fourth-order valence-electron chi connectivity index (χ4n) is 4.62. The van der Waals surface area contributed by atoms with Gasteiger partial charge in [-0.25, -0.2) is 4.39 Å². The van der Waals surface area contributed by atoms with Crippen LogP contribution in [0.15, 0.2) is 54.6 Å². The number of halogens is 1. The van der Waals surface area contributed by atoms with E-state index in [9.17, 15) is 9.18 Å². The van der Waals surface area contributed by atoms with Gasteiger partial charge in [0.05, 0.1) is 17.8 Å². The summed E-state index contributed by atoms with van der Waals surface area (Å²) >= 11 is 0. The highest BCUT2D eigenvalue weighted by molar-refractivity contribution is 5.98. The summed E-state index contributed by atoms with van der Waals surface area (Å²) < 4.78 is 20.4. The molecule has 7 heteroatoms. The summed E-state index contributed by atoms with van der Waals surface area (Å²) in [7, 11) is 2.02. The molecule has 0 radical (unpaired) electrons. The molecule has 34 heavy (non-hydrogen) atoms. The Kier molecular flexibility index (Phi) is 5.68. The molecule has 3 aromatic carbocycles. The van der Waals surface area contributed by atoms with Crippen LogP contribution in [0.4, 0.5) is 10.1 Å². The number of amides is 1. The topological polar surface area (TPSA) is 82.6 Å². The molecule has 1 unspecified atom stereocenters. The normalized spacial score (nSPS) is 17.2. The standard InChI is InChI=1S/C27H25FN4O2/c1-31-10-11-34-26-14-18(5-7-25(26)31)22-6-4-19(27(33)32-9-8-21(30)16-32)12-23(22)17-2-3-20(15-29)24(28)13-17/h2-7,12-14,21H,8-11,16,30H2,1H3. The zero-order valence-electron chi connectivity index (χ0n) is 18.9. The number of nitrogens with zero attached hydrogens (tertiary/aromatic N) is 3. The third-order valence-electron chi connectivity index (χ3n) is 6.55. The first kappa shape index (κ1) is 21.9. The minimum Gasteiger partial charge on any atom is -0.490 e. The molecule has 0 bridgehead atoms. The maximum Gasteiger partial charge on any atom is 0.253 e. The Morgan fingerprint density at radius 1 is 1.09 bits per heavy atom. The molecule has 1 saturated heterocycles. The third kappa shape index (κ3) is 3.97. The van der Waals surface area contributed by atoms with Gasteiger partial charge in [-0.15, -0.1) is 0 Å². The molecule has 5 rings (SSSR count). The molecule has 6 nitrogen and oxygen atoms in total. The summed E-state index contributed by atoms with van der Waals surface area (Å²) in [4.78, 5) is 17.0. The van der Waals surface area contributed by atoms with Crippen LogP contribution in [0, 0.1) is 17.1 Å². The van der Waals surface area contributed by atoms with Gasteiger partial charge >= 0.3 is 0 Å². The molecule has 172 valence electrons. The van der Waals surface area contributed by atoms with Crippen LogP contribution in [0.1, 0.15) is 22.3 Å². The zero-order valence-corrected chi connectivity index (χ0v) is 18.9. The summed E-state index contributed by atoms with van der Waals surface area (Å²) in [5.74, 6) is 0.100. The van der Waals surface area contributed by atoms with Gasteiger partial charge in [0.25, 0.3) is 5.91 Å². The SMILES string of the molecule is CN1CCOc2cc(-c3ccc(C(=O)N4CCC(N)C4)cc3-c3ccc(C#N)c(F)c3)ccc21. The fourth-order valence-corrected chi connectivity index (χ4v) is 4.62. The van der Waals surface area contributed by atoms with Crippen molar-refractivity contribution in [3.05, 3.63) is 71.5 Å². The maximum atomic E-state index is 14.5. The van der Waals surface area contributed by atoms with Crippen molar-refractivity contribution in [2.45, 2.75) is 12.5 Å². The van der Waals surface area contributed by atoms with E-state index in [2.05, 4.69) is 4.90 Å². The second-order valence-corrected chi connectivity index (χ2v) is 8.82. The minimum atomic E-state index is -0.594. The number of carbonyl (C=O) groups is 1. The highest BCUT2D eigenvalue weighted by Crippen LogP contribution is 2.39. The Hall–Kier alpha value is -3.89. The highest BCUT2D eigenvalue weighted by Gasteiger charge is 2.25. The molecule has 0 aliphatic carbocycles. The van der Waals surface area contributed by atoms with Crippen molar-refractivity contribution in [1.29, 1.82) is 5.26 Å².